The zero-order valence-corrected chi connectivity index (χ0v) is 20.3. The van der Waals surface area contributed by atoms with E-state index in [1.807, 2.05) is 52.0 Å². The molecule has 34 heavy (non-hydrogen) atoms. The van der Waals surface area contributed by atoms with Crippen LogP contribution < -0.4 is 27.6 Å². The number of anilines is 2. The fraction of sp³-hybridized carbons (Fsp3) is 0.500. The molecule has 2 heterocycles. The summed E-state index contributed by atoms with van der Waals surface area (Å²) in [6.45, 7) is 9.03. The molecule has 0 aliphatic heterocycles. The number of nitrogen functional groups attached to an aromatic ring is 1. The highest BCUT2D eigenvalue weighted by molar-refractivity contribution is 5.95. The Morgan fingerprint density at radius 2 is 1.71 bits per heavy atom. The zero-order valence-electron chi connectivity index (χ0n) is 20.3. The maximum atomic E-state index is 13.4. The lowest BCUT2D eigenvalue weighted by molar-refractivity contribution is -0.118. The van der Waals surface area contributed by atoms with Gasteiger partial charge in [0, 0.05) is 32.6 Å². The minimum absolute atomic E-state index is 0.00350. The number of fused-ring (bicyclic) bond motifs is 1. The van der Waals surface area contributed by atoms with Gasteiger partial charge in [0.05, 0.1) is 11.0 Å². The zero-order chi connectivity index (χ0) is 25.0. The van der Waals surface area contributed by atoms with Crippen LogP contribution in [0.15, 0.2) is 38.6 Å². The lowest BCUT2D eigenvalue weighted by atomic mass is 10.2. The lowest BCUT2D eigenvalue weighted by Gasteiger charge is -2.25. The molecule has 0 saturated heterocycles. The van der Waals surface area contributed by atoms with Crippen molar-refractivity contribution in [2.75, 3.05) is 17.2 Å². The van der Waals surface area contributed by atoms with Gasteiger partial charge < -0.3 is 10.6 Å². The Labute approximate surface area is 197 Å². The second-order valence-electron chi connectivity index (χ2n) is 8.81. The molecule has 3 rings (SSSR count). The number of aryl methyl sites for hydroxylation is 2. The molecular weight excluding hydrogens is 436 g/mol. The summed E-state index contributed by atoms with van der Waals surface area (Å²) in [4.78, 5) is 55.1. The van der Waals surface area contributed by atoms with Crippen molar-refractivity contribution in [2.24, 2.45) is 5.92 Å². The average molecular weight is 471 g/mol. The molecule has 0 unspecified atom stereocenters. The van der Waals surface area contributed by atoms with Crippen LogP contribution in [0.1, 0.15) is 47.0 Å². The molecule has 2 aromatic heterocycles. The summed E-state index contributed by atoms with van der Waals surface area (Å²) in [6, 6.07) is 7.46. The molecule has 0 aliphatic rings. The Hall–Kier alpha value is -3.56. The summed E-state index contributed by atoms with van der Waals surface area (Å²) in [5.41, 5.74) is 6.35. The Morgan fingerprint density at radius 3 is 2.29 bits per heavy atom. The quantitative estimate of drug-likeness (QED) is 0.469. The van der Waals surface area contributed by atoms with Crippen molar-refractivity contribution in [3.8, 4) is 0 Å². The number of nitrogens with one attached hydrogen (secondary N) is 1. The van der Waals surface area contributed by atoms with Gasteiger partial charge in [-0.15, -0.1) is 0 Å². The van der Waals surface area contributed by atoms with Crippen molar-refractivity contribution < 1.29 is 4.79 Å². The van der Waals surface area contributed by atoms with E-state index < -0.39 is 11.2 Å². The number of para-hydroxylation sites is 2. The Kier molecular flexibility index (Phi) is 7.80. The van der Waals surface area contributed by atoms with Gasteiger partial charge in [-0.1, -0.05) is 39.3 Å². The Bertz CT molecular complexity index is 1340. The summed E-state index contributed by atoms with van der Waals surface area (Å²) < 4.78 is 4.55. The number of carbonyl (C=O) groups excluding carboxylic acids is 1. The number of imidazole rings is 1. The fourth-order valence-corrected chi connectivity index (χ4v) is 4.20. The number of H-pyrrole nitrogens is 1. The molecule has 0 radical (unpaired) electrons. The molecule has 0 fully saturated rings. The number of rotatable bonds is 10. The molecule has 1 aromatic carbocycles. The molecule has 0 bridgehead atoms. The van der Waals surface area contributed by atoms with Gasteiger partial charge in [-0.2, -0.15) is 0 Å². The van der Waals surface area contributed by atoms with Crippen LogP contribution >= 0.6 is 0 Å². The van der Waals surface area contributed by atoms with Gasteiger partial charge in [-0.25, -0.2) is 9.59 Å². The highest BCUT2D eigenvalue weighted by Gasteiger charge is 2.24. The van der Waals surface area contributed by atoms with Crippen LogP contribution in [-0.4, -0.2) is 31.1 Å². The van der Waals surface area contributed by atoms with E-state index in [2.05, 4.69) is 4.98 Å². The molecule has 10 nitrogen and oxygen atoms in total. The molecule has 0 atom stereocenters. The minimum atomic E-state index is -0.688. The van der Waals surface area contributed by atoms with Crippen molar-refractivity contribution in [1.29, 1.82) is 0 Å². The van der Waals surface area contributed by atoms with E-state index in [4.69, 9.17) is 5.73 Å². The van der Waals surface area contributed by atoms with E-state index in [9.17, 15) is 19.2 Å². The number of hydrogen-bond donors (Lipinski definition) is 2. The van der Waals surface area contributed by atoms with Crippen molar-refractivity contribution in [3.05, 3.63) is 55.6 Å². The summed E-state index contributed by atoms with van der Waals surface area (Å²) in [5, 5.41) is 0. The summed E-state index contributed by atoms with van der Waals surface area (Å²) >= 11 is 0. The van der Waals surface area contributed by atoms with E-state index >= 15 is 0 Å². The number of nitrogens with two attached hydrogens (primary N) is 1. The molecule has 184 valence electrons. The van der Waals surface area contributed by atoms with Gasteiger partial charge in [0.2, 0.25) is 5.91 Å². The van der Waals surface area contributed by atoms with Gasteiger partial charge in [-0.3, -0.25) is 28.3 Å². The number of unbranched alkanes of at least 4 members (excludes halogenated alkanes) is 1. The van der Waals surface area contributed by atoms with Gasteiger partial charge in [0.15, 0.2) is 5.69 Å². The first kappa shape index (κ1) is 25.1. The molecule has 0 spiro atoms. The van der Waals surface area contributed by atoms with Crippen LogP contribution in [0.5, 0.6) is 0 Å². The number of carbonyl (C=O) groups is 1. The van der Waals surface area contributed by atoms with Crippen molar-refractivity contribution in [3.63, 3.8) is 0 Å². The van der Waals surface area contributed by atoms with Crippen LogP contribution in [0.3, 0.4) is 0 Å². The van der Waals surface area contributed by atoms with Crippen LogP contribution in [0, 0.1) is 5.92 Å². The summed E-state index contributed by atoms with van der Waals surface area (Å²) in [5.74, 6) is -0.242. The Balaban J connectivity index is 1.98. The number of benzene rings is 1. The molecule has 10 heteroatoms. The van der Waals surface area contributed by atoms with E-state index in [1.165, 1.54) is 9.47 Å². The third kappa shape index (κ3) is 4.85. The highest BCUT2D eigenvalue weighted by atomic mass is 16.2. The number of amides is 1. The third-order valence-electron chi connectivity index (χ3n) is 5.86. The van der Waals surface area contributed by atoms with Crippen LogP contribution in [-0.2, 0) is 24.4 Å². The summed E-state index contributed by atoms with van der Waals surface area (Å²) in [6.07, 6.45) is 1.46. The number of hydrogen-bond acceptors (Lipinski definition) is 5. The number of aromatic nitrogens is 4. The molecule has 3 N–H and O–H groups in total. The molecule has 0 aliphatic carbocycles. The van der Waals surface area contributed by atoms with E-state index in [-0.39, 0.29) is 48.5 Å². The first-order valence-corrected chi connectivity index (χ1v) is 11.8. The third-order valence-corrected chi connectivity index (χ3v) is 5.86. The van der Waals surface area contributed by atoms with E-state index in [0.717, 1.165) is 17.5 Å². The van der Waals surface area contributed by atoms with E-state index in [0.29, 0.717) is 19.5 Å². The monoisotopic (exact) mass is 470 g/mol. The predicted molar refractivity (Wildman–Crippen MR) is 134 cm³/mol. The maximum Gasteiger partial charge on any atom is 0.330 e. The van der Waals surface area contributed by atoms with Crippen LogP contribution in [0.4, 0.5) is 11.5 Å². The highest BCUT2D eigenvalue weighted by Crippen LogP contribution is 2.20. The minimum Gasteiger partial charge on any atom is -0.383 e. The normalized spacial score (nSPS) is 11.4. The maximum absolute atomic E-state index is 13.4. The second kappa shape index (κ2) is 10.6. The average Bonchev–Trinajstić information content (AvgIpc) is 3.07. The standard InChI is InChI=1S/C24H34N6O4/c1-5-7-13-29(20-21(25)30(15-16(3)4)23(33)26-22(20)32)19(31)12-14-28-18-11-9-8-10-17(18)27(6-2)24(28)34/h8-11,16H,5-7,12-15,25H2,1-4H3,(H,26,32,33). The van der Waals surface area contributed by atoms with Crippen LogP contribution in [0.25, 0.3) is 11.0 Å². The molecule has 0 saturated carbocycles. The SMILES string of the molecule is CCCCN(C(=O)CCn1c(=O)n(CC)c2ccccc21)c1c(N)n(CC(C)C)c(=O)[nH]c1=O. The van der Waals surface area contributed by atoms with Crippen molar-refractivity contribution in [1.82, 2.24) is 18.7 Å². The summed E-state index contributed by atoms with van der Waals surface area (Å²) in [7, 11) is 0. The van der Waals surface area contributed by atoms with Crippen molar-refractivity contribution >= 4 is 28.4 Å². The number of nitrogens with zero attached hydrogens (tertiary/aromatic N) is 4. The second-order valence-corrected chi connectivity index (χ2v) is 8.81. The largest absolute Gasteiger partial charge is 0.383 e. The fourth-order valence-electron chi connectivity index (χ4n) is 4.20. The van der Waals surface area contributed by atoms with E-state index in [1.54, 1.807) is 9.13 Å². The molecule has 1 amide bonds. The Morgan fingerprint density at radius 1 is 1.06 bits per heavy atom. The number of aromatic amines is 1. The smallest absolute Gasteiger partial charge is 0.330 e. The van der Waals surface area contributed by atoms with Gasteiger partial charge >= 0.3 is 11.4 Å². The predicted octanol–water partition coefficient (Wildman–Crippen LogP) is 2.13. The lowest BCUT2D eigenvalue weighted by Crippen LogP contribution is -2.42. The van der Waals surface area contributed by atoms with Crippen LogP contribution in [0.2, 0.25) is 0 Å². The topological polar surface area (TPSA) is 128 Å². The molecular formula is C24H34N6O4. The molecule has 3 aromatic rings. The van der Waals surface area contributed by atoms with Gasteiger partial charge in [0.1, 0.15) is 5.82 Å². The van der Waals surface area contributed by atoms with Gasteiger partial charge in [-0.05, 0) is 31.4 Å². The van der Waals surface area contributed by atoms with Crippen molar-refractivity contribution in [2.45, 2.75) is 66.6 Å². The first-order chi connectivity index (χ1) is 16.2. The van der Waals surface area contributed by atoms with Gasteiger partial charge in [0.25, 0.3) is 5.56 Å². The first-order valence-electron chi connectivity index (χ1n) is 11.8.